The number of halogens is 3. The van der Waals surface area contributed by atoms with Gasteiger partial charge in [-0.25, -0.2) is 0 Å². The standard InChI is InChI=1S/C21H30BrClFNO3/c1-4-9-17-14-18(26-13-10-20(22)24)15-19(23)21(17)27-11-7-5-6-8-12-28-25-16(2)3/h10,14-15H,4-9,11-13H2,1-3H3/b20-10-. The quantitative estimate of drug-likeness (QED) is 0.161. The van der Waals surface area contributed by atoms with Gasteiger partial charge in [-0.15, -0.1) is 0 Å². The number of rotatable bonds is 14. The summed E-state index contributed by atoms with van der Waals surface area (Å²) in [6.45, 7) is 7.31. The summed E-state index contributed by atoms with van der Waals surface area (Å²) in [5.41, 5.74) is 1.94. The Morgan fingerprint density at radius 1 is 1.14 bits per heavy atom. The molecule has 7 heteroatoms. The van der Waals surface area contributed by atoms with Crippen molar-refractivity contribution in [3.63, 3.8) is 0 Å². The van der Waals surface area contributed by atoms with Crippen molar-refractivity contribution in [2.45, 2.75) is 59.3 Å². The summed E-state index contributed by atoms with van der Waals surface area (Å²) in [5, 5.41) is 4.43. The number of hydrogen-bond donors (Lipinski definition) is 0. The third-order valence-electron chi connectivity index (χ3n) is 3.72. The first-order chi connectivity index (χ1) is 13.4. The smallest absolute Gasteiger partial charge is 0.165 e. The van der Waals surface area contributed by atoms with Crippen LogP contribution in [0.25, 0.3) is 0 Å². The monoisotopic (exact) mass is 477 g/mol. The SMILES string of the molecule is CCCc1cc(OC/C=C(\F)Br)cc(Cl)c1OCCCCCCON=C(C)C. The zero-order valence-corrected chi connectivity index (χ0v) is 19.2. The number of unbranched alkanes of at least 4 members (excludes halogenated alkanes) is 3. The van der Waals surface area contributed by atoms with E-state index in [1.54, 1.807) is 6.07 Å². The Kier molecular flexibility index (Phi) is 13.0. The molecule has 0 fully saturated rings. The predicted molar refractivity (Wildman–Crippen MR) is 118 cm³/mol. The van der Waals surface area contributed by atoms with E-state index in [-0.39, 0.29) is 6.61 Å². The molecule has 0 spiro atoms. The molecule has 0 saturated carbocycles. The van der Waals surface area contributed by atoms with Crippen molar-refractivity contribution >= 4 is 33.2 Å². The van der Waals surface area contributed by atoms with Gasteiger partial charge in [0.25, 0.3) is 0 Å². The lowest BCUT2D eigenvalue weighted by molar-refractivity contribution is 0.139. The van der Waals surface area contributed by atoms with Gasteiger partial charge in [-0.1, -0.05) is 30.1 Å². The maximum absolute atomic E-state index is 12.7. The van der Waals surface area contributed by atoms with Crippen LogP contribution in [0, 0.1) is 0 Å². The molecule has 1 rings (SSSR count). The van der Waals surface area contributed by atoms with Crippen LogP contribution in [0.5, 0.6) is 11.5 Å². The summed E-state index contributed by atoms with van der Waals surface area (Å²) < 4.78 is 23.7. The summed E-state index contributed by atoms with van der Waals surface area (Å²) in [5.74, 6) is 1.32. The van der Waals surface area contributed by atoms with E-state index in [4.69, 9.17) is 25.9 Å². The second kappa shape index (κ2) is 14.7. The second-order valence-electron chi connectivity index (χ2n) is 6.58. The normalized spacial score (nSPS) is 11.3. The highest BCUT2D eigenvalue weighted by molar-refractivity contribution is 9.11. The van der Waals surface area contributed by atoms with Gasteiger partial charge in [-0.2, -0.15) is 4.39 Å². The van der Waals surface area contributed by atoms with E-state index in [1.165, 1.54) is 6.08 Å². The number of benzene rings is 1. The van der Waals surface area contributed by atoms with Crippen LogP contribution in [0.3, 0.4) is 0 Å². The number of nitrogens with zero attached hydrogens (tertiary/aromatic N) is 1. The number of ether oxygens (including phenoxy) is 2. The summed E-state index contributed by atoms with van der Waals surface area (Å²) in [4.78, 5) is 5.18. The van der Waals surface area contributed by atoms with Gasteiger partial charge < -0.3 is 14.3 Å². The molecule has 1 aromatic rings. The van der Waals surface area contributed by atoms with Crippen LogP contribution in [0.2, 0.25) is 5.02 Å². The Morgan fingerprint density at radius 2 is 1.86 bits per heavy atom. The molecule has 4 nitrogen and oxygen atoms in total. The number of aryl methyl sites for hydroxylation is 1. The minimum absolute atomic E-state index is 0.131. The molecule has 0 aliphatic rings. The van der Waals surface area contributed by atoms with Crippen molar-refractivity contribution in [3.8, 4) is 11.5 Å². The lowest BCUT2D eigenvalue weighted by Gasteiger charge is -2.15. The minimum Gasteiger partial charge on any atom is -0.492 e. The van der Waals surface area contributed by atoms with Gasteiger partial charge in [0, 0.05) is 6.07 Å². The molecule has 0 aliphatic heterocycles. The molecule has 0 aromatic heterocycles. The number of hydrogen-bond acceptors (Lipinski definition) is 4. The molecule has 28 heavy (non-hydrogen) atoms. The van der Waals surface area contributed by atoms with Gasteiger partial charge in [-0.05, 0) is 79.6 Å². The Hall–Kier alpha value is -1.27. The van der Waals surface area contributed by atoms with Crippen LogP contribution < -0.4 is 9.47 Å². The van der Waals surface area contributed by atoms with Gasteiger partial charge in [0.05, 0.1) is 17.3 Å². The Balaban J connectivity index is 2.46. The first-order valence-electron chi connectivity index (χ1n) is 9.66. The second-order valence-corrected chi connectivity index (χ2v) is 7.75. The molecule has 0 N–H and O–H groups in total. The van der Waals surface area contributed by atoms with E-state index >= 15 is 0 Å². The van der Waals surface area contributed by atoms with Crippen LogP contribution in [0.4, 0.5) is 4.39 Å². The molecule has 1 aromatic carbocycles. The summed E-state index contributed by atoms with van der Waals surface area (Å²) in [6.07, 6.45) is 7.17. The van der Waals surface area contributed by atoms with Gasteiger partial charge in [0.1, 0.15) is 24.7 Å². The topological polar surface area (TPSA) is 40.0 Å². The van der Waals surface area contributed by atoms with E-state index in [9.17, 15) is 4.39 Å². The summed E-state index contributed by atoms with van der Waals surface area (Å²) in [6, 6.07) is 3.63. The third kappa shape index (κ3) is 10.9. The van der Waals surface area contributed by atoms with E-state index in [2.05, 4.69) is 28.0 Å². The molecule has 0 radical (unpaired) electrons. The number of oxime groups is 1. The van der Waals surface area contributed by atoms with Crippen LogP contribution in [0.1, 0.15) is 58.4 Å². The highest BCUT2D eigenvalue weighted by Crippen LogP contribution is 2.34. The fourth-order valence-electron chi connectivity index (χ4n) is 2.49. The van der Waals surface area contributed by atoms with Gasteiger partial charge in [0.15, 0.2) is 4.74 Å². The molecular weight excluding hydrogens is 449 g/mol. The van der Waals surface area contributed by atoms with Crippen LogP contribution in [-0.2, 0) is 11.3 Å². The Bertz CT molecular complexity index is 645. The molecule has 0 saturated heterocycles. The average Bonchev–Trinajstić information content (AvgIpc) is 2.61. The van der Waals surface area contributed by atoms with Crippen molar-refractivity contribution < 1.29 is 18.7 Å². The highest BCUT2D eigenvalue weighted by Gasteiger charge is 2.12. The van der Waals surface area contributed by atoms with Crippen molar-refractivity contribution in [1.82, 2.24) is 0 Å². The Labute approximate surface area is 181 Å². The molecule has 158 valence electrons. The molecule has 0 unspecified atom stereocenters. The Morgan fingerprint density at radius 3 is 2.50 bits per heavy atom. The largest absolute Gasteiger partial charge is 0.492 e. The van der Waals surface area contributed by atoms with Crippen molar-refractivity contribution in [3.05, 3.63) is 33.5 Å². The van der Waals surface area contributed by atoms with E-state index in [0.717, 1.165) is 49.8 Å². The van der Waals surface area contributed by atoms with Crippen molar-refractivity contribution in [2.24, 2.45) is 5.16 Å². The zero-order chi connectivity index (χ0) is 20.8. The fourth-order valence-corrected chi connectivity index (χ4v) is 2.91. The molecule has 0 atom stereocenters. The van der Waals surface area contributed by atoms with Gasteiger partial charge in [0.2, 0.25) is 0 Å². The highest BCUT2D eigenvalue weighted by atomic mass is 79.9. The lowest BCUT2D eigenvalue weighted by Crippen LogP contribution is -2.03. The lowest BCUT2D eigenvalue weighted by atomic mass is 10.1. The first-order valence-corrected chi connectivity index (χ1v) is 10.8. The average molecular weight is 479 g/mol. The summed E-state index contributed by atoms with van der Waals surface area (Å²) in [7, 11) is 0. The minimum atomic E-state index is -0.452. The van der Waals surface area contributed by atoms with Crippen LogP contribution in [0.15, 0.2) is 28.1 Å². The van der Waals surface area contributed by atoms with Crippen molar-refractivity contribution in [2.75, 3.05) is 19.8 Å². The molecule has 0 bridgehead atoms. The maximum Gasteiger partial charge on any atom is 0.165 e. The molecule has 0 aliphatic carbocycles. The fraction of sp³-hybridized carbons (Fsp3) is 0.571. The van der Waals surface area contributed by atoms with E-state index < -0.39 is 4.74 Å². The maximum atomic E-state index is 12.7. The van der Waals surface area contributed by atoms with E-state index in [1.807, 2.05) is 19.9 Å². The molecule has 0 amide bonds. The predicted octanol–water partition coefficient (Wildman–Crippen LogP) is 7.23. The van der Waals surface area contributed by atoms with Gasteiger partial charge >= 0.3 is 0 Å². The summed E-state index contributed by atoms with van der Waals surface area (Å²) >= 11 is 9.14. The third-order valence-corrected chi connectivity index (χ3v) is 4.33. The van der Waals surface area contributed by atoms with Gasteiger partial charge in [-0.3, -0.25) is 0 Å². The molecule has 0 heterocycles. The molecular formula is C21H30BrClFNO3. The first kappa shape index (κ1) is 24.8. The van der Waals surface area contributed by atoms with Crippen molar-refractivity contribution in [1.29, 1.82) is 0 Å². The van der Waals surface area contributed by atoms with Crippen LogP contribution >= 0.6 is 27.5 Å². The van der Waals surface area contributed by atoms with Crippen LogP contribution in [-0.4, -0.2) is 25.5 Å². The zero-order valence-electron chi connectivity index (χ0n) is 16.9. The van der Waals surface area contributed by atoms with E-state index in [0.29, 0.717) is 29.7 Å².